The fourth-order valence-corrected chi connectivity index (χ4v) is 2.02. The minimum absolute atomic E-state index is 0.0237. The molecule has 0 bridgehead atoms. The first-order valence-corrected chi connectivity index (χ1v) is 5.00. The first-order chi connectivity index (χ1) is 6.72. The lowest BCUT2D eigenvalue weighted by molar-refractivity contribution is -0.184. The van der Waals surface area contributed by atoms with Gasteiger partial charge in [0.05, 0.1) is 18.8 Å². The van der Waals surface area contributed by atoms with Crippen LogP contribution in [0.2, 0.25) is 0 Å². The van der Waals surface area contributed by atoms with Crippen molar-refractivity contribution < 1.29 is 19.5 Å². The number of nitrogens with zero attached hydrogens (tertiary/aromatic N) is 1. The fraction of sp³-hybridized carbons (Fsp3) is 0.889. The van der Waals surface area contributed by atoms with Crippen LogP contribution < -0.4 is 0 Å². The molecule has 0 spiro atoms. The van der Waals surface area contributed by atoms with Crippen molar-refractivity contribution >= 4 is 5.97 Å². The molecule has 5 nitrogen and oxygen atoms in total. The normalized spacial score (nSPS) is 37.1. The molecule has 0 radical (unpaired) electrons. The van der Waals surface area contributed by atoms with E-state index in [1.165, 1.54) is 0 Å². The number of aliphatic hydroxyl groups excluding tert-OH is 1. The van der Waals surface area contributed by atoms with E-state index >= 15 is 0 Å². The van der Waals surface area contributed by atoms with Gasteiger partial charge in [0, 0.05) is 13.0 Å². The van der Waals surface area contributed by atoms with Gasteiger partial charge in [-0.25, -0.2) is 4.79 Å². The number of hydroxylamine groups is 2. The smallest absolute Gasteiger partial charge is 0.337 e. The van der Waals surface area contributed by atoms with Crippen molar-refractivity contribution in [3.8, 4) is 0 Å². The summed E-state index contributed by atoms with van der Waals surface area (Å²) in [7, 11) is 0. The molecule has 0 aromatic rings. The number of hydrogen-bond acceptors (Lipinski definition) is 5. The Balaban J connectivity index is 1.92. The third-order valence-electron chi connectivity index (χ3n) is 2.73. The van der Waals surface area contributed by atoms with Gasteiger partial charge >= 0.3 is 5.97 Å². The van der Waals surface area contributed by atoms with Crippen molar-refractivity contribution in [3.63, 3.8) is 0 Å². The van der Waals surface area contributed by atoms with Crippen LogP contribution in [0, 0.1) is 0 Å². The summed E-state index contributed by atoms with van der Waals surface area (Å²) < 4.78 is 4.85. The number of carbonyl (C=O) groups is 1. The Kier molecular flexibility index (Phi) is 2.71. The molecule has 2 aliphatic heterocycles. The predicted molar refractivity (Wildman–Crippen MR) is 47.2 cm³/mol. The van der Waals surface area contributed by atoms with E-state index in [9.17, 15) is 9.90 Å². The summed E-state index contributed by atoms with van der Waals surface area (Å²) in [5, 5.41) is 11.3. The molecule has 2 saturated heterocycles. The summed E-state index contributed by atoms with van der Waals surface area (Å²) in [6.07, 6.45) is 0.379. The maximum Gasteiger partial charge on any atom is 0.337 e. The van der Waals surface area contributed by atoms with Gasteiger partial charge in [0.2, 0.25) is 0 Å². The monoisotopic (exact) mass is 201 g/mol. The van der Waals surface area contributed by atoms with Crippen molar-refractivity contribution in [1.29, 1.82) is 0 Å². The molecular formula is C9H15NO4. The first-order valence-electron chi connectivity index (χ1n) is 5.00. The molecule has 0 aromatic carbocycles. The Morgan fingerprint density at radius 1 is 1.71 bits per heavy atom. The van der Waals surface area contributed by atoms with Gasteiger partial charge in [-0.05, 0) is 13.3 Å². The van der Waals surface area contributed by atoms with E-state index in [0.29, 0.717) is 19.6 Å². The predicted octanol–water partition coefficient (Wildman–Crippen LogP) is -0.311. The molecule has 80 valence electrons. The molecule has 2 rings (SSSR count). The number of rotatable bonds is 2. The Morgan fingerprint density at radius 2 is 2.50 bits per heavy atom. The van der Waals surface area contributed by atoms with Gasteiger partial charge in [0.25, 0.3) is 0 Å². The third kappa shape index (κ3) is 1.63. The van der Waals surface area contributed by atoms with Gasteiger partial charge in [-0.3, -0.25) is 4.84 Å². The van der Waals surface area contributed by atoms with Crippen LogP contribution in [-0.2, 0) is 14.4 Å². The van der Waals surface area contributed by atoms with E-state index in [1.807, 2.05) is 0 Å². The van der Waals surface area contributed by atoms with Gasteiger partial charge in [-0.2, -0.15) is 5.06 Å². The minimum atomic E-state index is -0.519. The number of fused-ring (bicyclic) bond motifs is 1. The van der Waals surface area contributed by atoms with Crippen LogP contribution in [0.5, 0.6) is 0 Å². The zero-order valence-electron chi connectivity index (χ0n) is 8.18. The highest BCUT2D eigenvalue weighted by Gasteiger charge is 2.45. The van der Waals surface area contributed by atoms with E-state index in [2.05, 4.69) is 0 Å². The van der Waals surface area contributed by atoms with Crippen LogP contribution in [-0.4, -0.2) is 47.5 Å². The van der Waals surface area contributed by atoms with Crippen molar-refractivity contribution in [2.24, 2.45) is 0 Å². The SMILES string of the molecule is CCOC(=O)C1C[C@@H]2[C@@H](O)CCN2O1. The maximum atomic E-state index is 11.3. The van der Waals surface area contributed by atoms with Crippen LogP contribution in [0.1, 0.15) is 19.8 Å². The molecular weight excluding hydrogens is 186 g/mol. The Hall–Kier alpha value is -0.650. The zero-order valence-corrected chi connectivity index (χ0v) is 8.18. The summed E-state index contributed by atoms with van der Waals surface area (Å²) in [4.78, 5) is 16.7. The Bertz CT molecular complexity index is 233. The molecule has 2 fully saturated rings. The van der Waals surface area contributed by atoms with Gasteiger partial charge in [-0.1, -0.05) is 0 Å². The highest BCUT2D eigenvalue weighted by molar-refractivity contribution is 5.75. The number of hydrogen-bond donors (Lipinski definition) is 1. The standard InChI is InChI=1S/C9H15NO4/c1-2-13-9(12)8-5-6-7(11)3-4-10(6)14-8/h6-8,11H,2-5H2,1H3/t6-,7+,8?/m1/s1. The Morgan fingerprint density at radius 3 is 3.14 bits per heavy atom. The molecule has 1 N–H and O–H groups in total. The number of esters is 1. The molecule has 14 heavy (non-hydrogen) atoms. The lowest BCUT2D eigenvalue weighted by Gasteiger charge is -2.13. The van der Waals surface area contributed by atoms with Crippen molar-refractivity contribution in [2.45, 2.75) is 38.0 Å². The van der Waals surface area contributed by atoms with Crippen molar-refractivity contribution in [3.05, 3.63) is 0 Å². The first kappa shape index (κ1) is 9.89. The van der Waals surface area contributed by atoms with Crippen molar-refractivity contribution in [1.82, 2.24) is 5.06 Å². The molecule has 5 heteroatoms. The second-order valence-corrected chi connectivity index (χ2v) is 3.65. The lowest BCUT2D eigenvalue weighted by Crippen LogP contribution is -2.27. The van der Waals surface area contributed by atoms with Crippen LogP contribution >= 0.6 is 0 Å². The topological polar surface area (TPSA) is 59.0 Å². The van der Waals surface area contributed by atoms with Crippen LogP contribution in [0.3, 0.4) is 0 Å². The Labute approximate surface area is 82.5 Å². The number of aliphatic hydroxyl groups is 1. The quantitative estimate of drug-likeness (QED) is 0.621. The molecule has 1 unspecified atom stereocenters. The second-order valence-electron chi connectivity index (χ2n) is 3.65. The highest BCUT2D eigenvalue weighted by Crippen LogP contribution is 2.30. The number of ether oxygens (including phenoxy) is 1. The summed E-state index contributed by atoms with van der Waals surface area (Å²) >= 11 is 0. The lowest BCUT2D eigenvalue weighted by atomic mass is 10.1. The van der Waals surface area contributed by atoms with Crippen LogP contribution in [0.25, 0.3) is 0 Å². The fourth-order valence-electron chi connectivity index (χ4n) is 2.02. The highest BCUT2D eigenvalue weighted by atomic mass is 16.7. The molecule has 0 saturated carbocycles. The summed E-state index contributed by atoms with van der Waals surface area (Å²) in [6, 6.07) is -0.0237. The maximum absolute atomic E-state index is 11.3. The average molecular weight is 201 g/mol. The molecule has 0 aromatic heterocycles. The van der Waals surface area contributed by atoms with Gasteiger partial charge < -0.3 is 9.84 Å². The van der Waals surface area contributed by atoms with Crippen LogP contribution in [0.4, 0.5) is 0 Å². The third-order valence-corrected chi connectivity index (χ3v) is 2.73. The molecule has 2 aliphatic rings. The van der Waals surface area contributed by atoms with Crippen LogP contribution in [0.15, 0.2) is 0 Å². The van der Waals surface area contributed by atoms with E-state index in [1.54, 1.807) is 12.0 Å². The summed E-state index contributed by atoms with van der Waals surface area (Å²) in [5.41, 5.74) is 0. The largest absolute Gasteiger partial charge is 0.464 e. The average Bonchev–Trinajstić information content (AvgIpc) is 2.69. The summed E-state index contributed by atoms with van der Waals surface area (Å²) in [5.74, 6) is -0.325. The van der Waals surface area contributed by atoms with E-state index in [4.69, 9.17) is 9.57 Å². The van der Waals surface area contributed by atoms with E-state index in [-0.39, 0.29) is 18.1 Å². The molecule has 2 heterocycles. The molecule has 0 amide bonds. The molecule has 0 aliphatic carbocycles. The van der Waals surface area contributed by atoms with Gasteiger partial charge in [0.1, 0.15) is 0 Å². The second kappa shape index (κ2) is 3.84. The summed E-state index contributed by atoms with van der Waals surface area (Å²) in [6.45, 7) is 2.83. The van der Waals surface area contributed by atoms with E-state index < -0.39 is 6.10 Å². The molecule has 3 atom stereocenters. The van der Waals surface area contributed by atoms with Crippen molar-refractivity contribution in [2.75, 3.05) is 13.2 Å². The van der Waals surface area contributed by atoms with Gasteiger partial charge in [0.15, 0.2) is 6.10 Å². The van der Waals surface area contributed by atoms with E-state index in [0.717, 1.165) is 6.42 Å². The van der Waals surface area contributed by atoms with Gasteiger partial charge in [-0.15, -0.1) is 0 Å². The number of carbonyl (C=O) groups excluding carboxylic acids is 1. The zero-order chi connectivity index (χ0) is 10.1. The minimum Gasteiger partial charge on any atom is -0.464 e.